The number of nitrogens with zero attached hydrogens (tertiary/aromatic N) is 5. The number of aryl methyl sites for hydroxylation is 1. The lowest BCUT2D eigenvalue weighted by Crippen LogP contribution is -2.45. The molecule has 4 rings (SSSR count). The maximum Gasteiger partial charge on any atom is 0.288 e. The van der Waals surface area contributed by atoms with E-state index < -0.39 is 17.4 Å². The third kappa shape index (κ3) is 3.07. The number of hydrazine groups is 1. The van der Waals surface area contributed by atoms with Crippen LogP contribution in [0.5, 0.6) is 0 Å². The zero-order chi connectivity index (χ0) is 19.7. The highest BCUT2D eigenvalue weighted by Gasteiger charge is 2.17. The molecule has 10 nitrogen and oxygen atoms in total. The molecule has 1 aromatic carbocycles. The molecule has 0 saturated heterocycles. The zero-order valence-corrected chi connectivity index (χ0v) is 14.8. The fraction of sp³-hybridized carbons (Fsp3) is 0.111. The number of pyridine rings is 1. The minimum atomic E-state index is -0.619. The highest BCUT2D eigenvalue weighted by Crippen LogP contribution is 2.11. The molecule has 2 amide bonds. The van der Waals surface area contributed by atoms with Crippen LogP contribution >= 0.6 is 0 Å². The van der Waals surface area contributed by atoms with E-state index in [2.05, 4.69) is 26.1 Å². The van der Waals surface area contributed by atoms with E-state index in [0.29, 0.717) is 27.9 Å². The molecule has 0 aliphatic heterocycles. The Balaban J connectivity index is 1.47. The molecule has 0 radical (unpaired) electrons. The van der Waals surface area contributed by atoms with Gasteiger partial charge in [-0.05, 0) is 31.2 Å². The first-order chi connectivity index (χ1) is 13.5. The van der Waals surface area contributed by atoms with Crippen molar-refractivity contribution in [2.24, 2.45) is 0 Å². The summed E-state index contributed by atoms with van der Waals surface area (Å²) in [6.07, 6.45) is 1.70. The van der Waals surface area contributed by atoms with Crippen LogP contribution in [0.2, 0.25) is 0 Å². The first kappa shape index (κ1) is 17.3. The zero-order valence-electron chi connectivity index (χ0n) is 14.8. The van der Waals surface area contributed by atoms with Gasteiger partial charge in [-0.2, -0.15) is 0 Å². The van der Waals surface area contributed by atoms with Crippen molar-refractivity contribution in [2.75, 3.05) is 0 Å². The van der Waals surface area contributed by atoms with Crippen LogP contribution in [0.25, 0.3) is 16.6 Å². The minimum Gasteiger partial charge on any atom is -0.295 e. The first-order valence-corrected chi connectivity index (χ1v) is 8.40. The number of carbonyl (C=O) groups excluding carboxylic acids is 2. The molecule has 0 aliphatic carbocycles. The van der Waals surface area contributed by atoms with Crippen LogP contribution in [0.3, 0.4) is 0 Å². The van der Waals surface area contributed by atoms with E-state index >= 15 is 0 Å². The second kappa shape index (κ2) is 6.91. The number of hydrogen-bond acceptors (Lipinski definition) is 6. The molecule has 0 spiro atoms. The lowest BCUT2D eigenvalue weighted by atomic mass is 10.2. The summed E-state index contributed by atoms with van der Waals surface area (Å²) in [5.41, 5.74) is 6.06. The summed E-state index contributed by atoms with van der Waals surface area (Å²) < 4.78 is 2.55. The molecule has 0 unspecified atom stereocenters. The molecular weight excluding hydrogens is 362 g/mol. The Morgan fingerprint density at radius 3 is 2.71 bits per heavy atom. The van der Waals surface area contributed by atoms with Crippen LogP contribution in [-0.4, -0.2) is 36.2 Å². The van der Waals surface area contributed by atoms with E-state index in [0.717, 1.165) is 4.68 Å². The predicted molar refractivity (Wildman–Crippen MR) is 99.3 cm³/mol. The van der Waals surface area contributed by atoms with E-state index in [9.17, 15) is 14.4 Å². The van der Waals surface area contributed by atoms with Gasteiger partial charge in [0.25, 0.3) is 17.4 Å². The molecule has 10 heteroatoms. The van der Waals surface area contributed by atoms with Crippen LogP contribution in [0.1, 0.15) is 16.2 Å². The Morgan fingerprint density at radius 2 is 1.86 bits per heavy atom. The maximum absolute atomic E-state index is 12.5. The van der Waals surface area contributed by atoms with Crippen molar-refractivity contribution in [3.05, 3.63) is 70.4 Å². The predicted octanol–water partition coefficient (Wildman–Crippen LogP) is 0.209. The van der Waals surface area contributed by atoms with Crippen molar-refractivity contribution in [2.45, 2.75) is 13.5 Å². The number of carbonyl (C=O) groups is 2. The van der Waals surface area contributed by atoms with Crippen molar-refractivity contribution in [3.8, 4) is 0 Å². The summed E-state index contributed by atoms with van der Waals surface area (Å²) in [7, 11) is 0. The Hall–Kier alpha value is -4.08. The van der Waals surface area contributed by atoms with E-state index in [-0.39, 0.29) is 6.54 Å². The first-order valence-electron chi connectivity index (χ1n) is 8.40. The highest BCUT2D eigenvalue weighted by atomic mass is 16.2. The van der Waals surface area contributed by atoms with Crippen LogP contribution < -0.4 is 16.4 Å². The third-order valence-corrected chi connectivity index (χ3v) is 4.16. The van der Waals surface area contributed by atoms with Crippen molar-refractivity contribution in [1.29, 1.82) is 0 Å². The summed E-state index contributed by atoms with van der Waals surface area (Å²) in [5, 5.41) is 8.01. The molecule has 0 saturated carbocycles. The lowest BCUT2D eigenvalue weighted by molar-refractivity contribution is -0.122. The number of nitrogens with one attached hydrogen (secondary N) is 2. The molecule has 28 heavy (non-hydrogen) atoms. The summed E-state index contributed by atoms with van der Waals surface area (Å²) in [4.78, 5) is 41.3. The summed E-state index contributed by atoms with van der Waals surface area (Å²) in [6, 6.07) is 12.1. The van der Waals surface area contributed by atoms with Crippen LogP contribution in [-0.2, 0) is 11.3 Å². The van der Waals surface area contributed by atoms with E-state index in [1.165, 1.54) is 0 Å². The van der Waals surface area contributed by atoms with Gasteiger partial charge >= 0.3 is 0 Å². The molecule has 0 aliphatic rings. The van der Waals surface area contributed by atoms with Gasteiger partial charge in [-0.25, -0.2) is 9.67 Å². The van der Waals surface area contributed by atoms with Crippen molar-refractivity contribution in [3.63, 3.8) is 0 Å². The van der Waals surface area contributed by atoms with Gasteiger partial charge in [-0.3, -0.25) is 29.6 Å². The van der Waals surface area contributed by atoms with E-state index in [1.807, 2.05) is 6.07 Å². The van der Waals surface area contributed by atoms with Gasteiger partial charge in [0.1, 0.15) is 23.4 Å². The second-order valence-corrected chi connectivity index (χ2v) is 6.05. The quantitative estimate of drug-likeness (QED) is 0.492. The van der Waals surface area contributed by atoms with Gasteiger partial charge in [0, 0.05) is 6.20 Å². The lowest BCUT2D eigenvalue weighted by Gasteiger charge is -2.08. The standard InChI is InChI=1S/C18H15N7O3/c1-11-16(24-9-5-4-8-14(24)19-11)17(27)22-21-15(26)10-25-18(28)12-6-2-3-7-13(12)20-23-25/h2-9H,10H2,1H3,(H,21,26)(H,22,27). The van der Waals surface area contributed by atoms with Crippen LogP contribution in [0, 0.1) is 6.92 Å². The third-order valence-electron chi connectivity index (χ3n) is 4.16. The monoisotopic (exact) mass is 377 g/mol. The van der Waals surface area contributed by atoms with Crippen molar-refractivity contribution < 1.29 is 9.59 Å². The number of amides is 2. The van der Waals surface area contributed by atoms with Gasteiger partial charge in [0.2, 0.25) is 0 Å². The number of aromatic nitrogens is 5. The second-order valence-electron chi connectivity index (χ2n) is 6.05. The molecule has 0 bridgehead atoms. The Labute approximate surface area is 157 Å². The van der Waals surface area contributed by atoms with E-state index in [4.69, 9.17) is 0 Å². The molecule has 4 aromatic rings. The van der Waals surface area contributed by atoms with Gasteiger partial charge in [-0.15, -0.1) is 5.10 Å². The fourth-order valence-electron chi connectivity index (χ4n) is 2.88. The SMILES string of the molecule is Cc1nc2ccccn2c1C(=O)NNC(=O)Cn1nnc2ccccc2c1=O. The summed E-state index contributed by atoms with van der Waals surface area (Å²) >= 11 is 0. The topological polar surface area (TPSA) is 123 Å². The molecule has 0 fully saturated rings. The average molecular weight is 377 g/mol. The molecule has 3 heterocycles. The normalized spacial score (nSPS) is 10.9. The number of benzene rings is 1. The number of hydrogen-bond donors (Lipinski definition) is 2. The Kier molecular flexibility index (Phi) is 4.28. The minimum absolute atomic E-state index is 0.304. The maximum atomic E-state index is 12.5. The van der Waals surface area contributed by atoms with Crippen molar-refractivity contribution >= 4 is 28.4 Å². The summed E-state index contributed by atoms with van der Waals surface area (Å²) in [6.45, 7) is 1.32. The number of fused-ring (bicyclic) bond motifs is 2. The van der Waals surface area contributed by atoms with Gasteiger partial charge in [0.15, 0.2) is 0 Å². The molecule has 140 valence electrons. The Morgan fingerprint density at radius 1 is 1.07 bits per heavy atom. The molecular formula is C18H15N7O3. The smallest absolute Gasteiger partial charge is 0.288 e. The van der Waals surface area contributed by atoms with Crippen molar-refractivity contribution in [1.82, 2.24) is 35.2 Å². The largest absolute Gasteiger partial charge is 0.295 e. The average Bonchev–Trinajstić information content (AvgIpc) is 3.04. The molecule has 3 aromatic heterocycles. The fourth-order valence-corrected chi connectivity index (χ4v) is 2.88. The van der Waals surface area contributed by atoms with Crippen LogP contribution in [0.4, 0.5) is 0 Å². The van der Waals surface area contributed by atoms with Gasteiger partial charge < -0.3 is 0 Å². The van der Waals surface area contributed by atoms with Gasteiger partial charge in [0.05, 0.1) is 11.1 Å². The number of rotatable bonds is 3. The molecule has 2 N–H and O–H groups in total. The van der Waals surface area contributed by atoms with E-state index in [1.54, 1.807) is 53.9 Å². The van der Waals surface area contributed by atoms with Gasteiger partial charge in [-0.1, -0.05) is 23.4 Å². The molecule has 0 atom stereocenters. The summed E-state index contributed by atoms with van der Waals surface area (Å²) in [5.74, 6) is -1.15. The highest BCUT2D eigenvalue weighted by molar-refractivity contribution is 5.95. The number of imidazole rings is 1. The van der Waals surface area contributed by atoms with Crippen LogP contribution in [0.15, 0.2) is 53.5 Å². The Bertz CT molecular complexity index is 1280.